The molecule has 0 saturated heterocycles. The zero-order chi connectivity index (χ0) is 16.3. The number of methoxy groups -OCH3 is 1. The minimum Gasteiger partial charge on any atom is -0.497 e. The van der Waals surface area contributed by atoms with Crippen LogP contribution < -0.4 is 10.1 Å². The van der Waals surface area contributed by atoms with Crippen molar-refractivity contribution in [2.75, 3.05) is 7.11 Å². The van der Waals surface area contributed by atoms with Crippen LogP contribution in [0.25, 0.3) is 11.1 Å². The lowest BCUT2D eigenvalue weighted by Gasteiger charge is -2.07. The summed E-state index contributed by atoms with van der Waals surface area (Å²) in [5, 5.41) is 11.3. The third-order valence-electron chi connectivity index (χ3n) is 3.26. The monoisotopic (exact) mass is 319 g/mol. The molecule has 0 unspecified atom stereocenters. The molecule has 0 aliphatic carbocycles. The van der Waals surface area contributed by atoms with Gasteiger partial charge in [0.2, 0.25) is 0 Å². The van der Waals surface area contributed by atoms with Crippen LogP contribution in [0.3, 0.4) is 0 Å². The number of thiophene rings is 1. The second-order valence-electron chi connectivity index (χ2n) is 4.84. The fourth-order valence-electron chi connectivity index (χ4n) is 1.98. The molecule has 0 aliphatic rings. The smallest absolute Gasteiger partial charge is 0.325 e. The van der Waals surface area contributed by atoms with Crippen LogP contribution in [0.15, 0.2) is 30.3 Å². The first-order valence-corrected chi connectivity index (χ1v) is 7.52. The maximum absolute atomic E-state index is 12.1. The van der Waals surface area contributed by atoms with Gasteiger partial charge in [0, 0.05) is 4.88 Å². The second kappa shape index (κ2) is 6.62. The number of hydrogen-bond acceptors (Lipinski definition) is 4. The van der Waals surface area contributed by atoms with Gasteiger partial charge < -0.3 is 15.2 Å². The van der Waals surface area contributed by atoms with Crippen molar-refractivity contribution >= 4 is 23.2 Å². The van der Waals surface area contributed by atoms with Crippen molar-refractivity contribution in [3.8, 4) is 16.9 Å². The van der Waals surface area contributed by atoms with Crippen LogP contribution in [0.4, 0.5) is 0 Å². The predicted octanol–water partition coefficient (Wildman–Crippen LogP) is 2.94. The molecule has 1 aromatic heterocycles. The molecular formula is C16H17NO4S. The highest BCUT2D eigenvalue weighted by Gasteiger charge is 2.18. The molecular weight excluding hydrogens is 302 g/mol. The second-order valence-corrected chi connectivity index (χ2v) is 6.10. The fraction of sp³-hybridized carbons (Fsp3) is 0.250. The zero-order valence-corrected chi connectivity index (χ0v) is 13.4. The summed E-state index contributed by atoms with van der Waals surface area (Å²) in [6, 6.07) is 8.44. The predicted molar refractivity (Wildman–Crippen MR) is 85.6 cm³/mol. The number of aliphatic carboxylic acids is 1. The Balaban J connectivity index is 2.23. The number of benzene rings is 1. The molecule has 0 aliphatic heterocycles. The highest BCUT2D eigenvalue weighted by Crippen LogP contribution is 2.32. The Bertz CT molecular complexity index is 691. The van der Waals surface area contributed by atoms with E-state index in [-0.39, 0.29) is 5.91 Å². The summed E-state index contributed by atoms with van der Waals surface area (Å²) in [5.74, 6) is -0.662. The van der Waals surface area contributed by atoms with Crippen molar-refractivity contribution in [3.63, 3.8) is 0 Å². The normalized spacial score (nSPS) is 11.8. The molecule has 1 atom stereocenters. The largest absolute Gasteiger partial charge is 0.497 e. The van der Waals surface area contributed by atoms with Gasteiger partial charge in [-0.05, 0) is 43.2 Å². The van der Waals surface area contributed by atoms with Crippen molar-refractivity contribution in [3.05, 3.63) is 40.1 Å². The SMILES string of the molecule is COc1ccc(-c2cc(C(=O)N[C@@H](C)C(=O)O)sc2C)cc1. The molecule has 1 heterocycles. The maximum atomic E-state index is 12.1. The number of amides is 1. The van der Waals surface area contributed by atoms with E-state index in [0.717, 1.165) is 21.8 Å². The molecule has 2 rings (SSSR count). The first-order valence-electron chi connectivity index (χ1n) is 6.71. The Hall–Kier alpha value is -2.34. The number of carbonyl (C=O) groups is 2. The van der Waals surface area contributed by atoms with Crippen LogP contribution in [-0.4, -0.2) is 30.1 Å². The van der Waals surface area contributed by atoms with Crippen molar-refractivity contribution < 1.29 is 19.4 Å². The summed E-state index contributed by atoms with van der Waals surface area (Å²) in [5.41, 5.74) is 1.95. The summed E-state index contributed by atoms with van der Waals surface area (Å²) in [4.78, 5) is 24.4. The first-order chi connectivity index (χ1) is 10.4. The maximum Gasteiger partial charge on any atom is 0.325 e. The Morgan fingerprint density at radius 3 is 2.45 bits per heavy atom. The number of carbonyl (C=O) groups excluding carboxylic acids is 1. The van der Waals surface area contributed by atoms with Crippen molar-refractivity contribution in [1.82, 2.24) is 5.32 Å². The topological polar surface area (TPSA) is 75.6 Å². The average molecular weight is 319 g/mol. The molecule has 0 saturated carbocycles. The number of ether oxygens (including phenoxy) is 1. The number of hydrogen-bond donors (Lipinski definition) is 2. The van der Waals surface area contributed by atoms with Crippen LogP contribution in [-0.2, 0) is 4.79 Å². The molecule has 1 aromatic carbocycles. The van der Waals surface area contributed by atoms with E-state index in [2.05, 4.69) is 5.32 Å². The number of aryl methyl sites for hydroxylation is 1. The van der Waals surface area contributed by atoms with Gasteiger partial charge in [-0.25, -0.2) is 0 Å². The van der Waals surface area contributed by atoms with Gasteiger partial charge in [0.05, 0.1) is 12.0 Å². The van der Waals surface area contributed by atoms with E-state index >= 15 is 0 Å². The van der Waals surface area contributed by atoms with Crippen molar-refractivity contribution in [1.29, 1.82) is 0 Å². The van der Waals surface area contributed by atoms with Crippen LogP contribution in [0, 0.1) is 6.92 Å². The van der Waals surface area contributed by atoms with Crippen molar-refractivity contribution in [2.45, 2.75) is 19.9 Å². The minimum absolute atomic E-state index is 0.372. The number of rotatable bonds is 5. The average Bonchev–Trinajstić information content (AvgIpc) is 2.89. The molecule has 5 nitrogen and oxygen atoms in total. The van der Waals surface area contributed by atoms with Gasteiger partial charge >= 0.3 is 5.97 Å². The molecule has 116 valence electrons. The highest BCUT2D eigenvalue weighted by molar-refractivity contribution is 7.14. The van der Waals surface area contributed by atoms with E-state index in [1.54, 1.807) is 13.2 Å². The lowest BCUT2D eigenvalue weighted by molar-refractivity contribution is -0.138. The highest BCUT2D eigenvalue weighted by atomic mass is 32.1. The van der Waals surface area contributed by atoms with E-state index in [0.29, 0.717) is 4.88 Å². The third kappa shape index (κ3) is 3.46. The third-order valence-corrected chi connectivity index (χ3v) is 4.31. The fourth-order valence-corrected chi connectivity index (χ4v) is 2.93. The number of carboxylic acid groups (broad SMARTS) is 1. The van der Waals surface area contributed by atoms with E-state index in [9.17, 15) is 9.59 Å². The summed E-state index contributed by atoms with van der Waals surface area (Å²) in [6.07, 6.45) is 0. The van der Waals surface area contributed by atoms with E-state index in [1.807, 2.05) is 31.2 Å². The van der Waals surface area contributed by atoms with E-state index in [1.165, 1.54) is 18.3 Å². The number of carboxylic acids is 1. The Kier molecular flexibility index (Phi) is 4.82. The lowest BCUT2D eigenvalue weighted by atomic mass is 10.1. The molecule has 22 heavy (non-hydrogen) atoms. The van der Waals surface area contributed by atoms with Gasteiger partial charge in [0.15, 0.2) is 0 Å². The molecule has 2 N–H and O–H groups in total. The lowest BCUT2D eigenvalue weighted by Crippen LogP contribution is -2.37. The van der Waals surface area contributed by atoms with Crippen LogP contribution in [0.1, 0.15) is 21.5 Å². The molecule has 0 fully saturated rings. The Labute approximate surface area is 132 Å². The zero-order valence-electron chi connectivity index (χ0n) is 12.5. The minimum atomic E-state index is -1.06. The van der Waals surface area contributed by atoms with Crippen LogP contribution in [0.2, 0.25) is 0 Å². The quantitative estimate of drug-likeness (QED) is 0.888. The van der Waals surface area contributed by atoms with Gasteiger partial charge in [-0.1, -0.05) is 12.1 Å². The van der Waals surface area contributed by atoms with Crippen molar-refractivity contribution in [2.24, 2.45) is 0 Å². The summed E-state index contributed by atoms with van der Waals surface area (Å²) < 4.78 is 5.13. The Morgan fingerprint density at radius 1 is 1.27 bits per heavy atom. The van der Waals surface area contributed by atoms with Gasteiger partial charge in [-0.2, -0.15) is 0 Å². The standard InChI is InChI=1S/C16H17NO4S/c1-9(16(19)20)17-15(18)14-8-13(10(2)22-14)11-4-6-12(21-3)7-5-11/h4-9H,1-3H3,(H,17,18)(H,19,20)/t9-/m0/s1. The van der Waals surface area contributed by atoms with E-state index < -0.39 is 12.0 Å². The summed E-state index contributed by atoms with van der Waals surface area (Å²) in [6.45, 7) is 3.37. The summed E-state index contributed by atoms with van der Waals surface area (Å²) >= 11 is 1.34. The Morgan fingerprint density at radius 2 is 1.91 bits per heavy atom. The molecule has 2 aromatic rings. The molecule has 6 heteroatoms. The van der Waals surface area contributed by atoms with Gasteiger partial charge in [-0.3, -0.25) is 9.59 Å². The molecule has 0 bridgehead atoms. The van der Waals surface area contributed by atoms with E-state index in [4.69, 9.17) is 9.84 Å². The summed E-state index contributed by atoms with van der Waals surface area (Å²) in [7, 11) is 1.61. The van der Waals surface area contributed by atoms with Gasteiger partial charge in [0.25, 0.3) is 5.91 Å². The van der Waals surface area contributed by atoms with Crippen LogP contribution >= 0.6 is 11.3 Å². The molecule has 0 radical (unpaired) electrons. The van der Waals surface area contributed by atoms with Crippen LogP contribution in [0.5, 0.6) is 5.75 Å². The van der Waals surface area contributed by atoms with Gasteiger partial charge in [0.1, 0.15) is 11.8 Å². The molecule has 1 amide bonds. The number of nitrogens with one attached hydrogen (secondary N) is 1. The van der Waals surface area contributed by atoms with Gasteiger partial charge in [-0.15, -0.1) is 11.3 Å². The first kappa shape index (κ1) is 16.0. The molecule has 0 spiro atoms.